The van der Waals surface area contributed by atoms with E-state index >= 15 is 0 Å². The molecule has 0 radical (unpaired) electrons. The third-order valence-electron chi connectivity index (χ3n) is 2.74. The molecule has 0 bridgehead atoms. The Balaban J connectivity index is 2.15. The highest BCUT2D eigenvalue weighted by molar-refractivity contribution is 5.81. The van der Waals surface area contributed by atoms with Crippen molar-refractivity contribution in [3.8, 4) is 0 Å². The molecule has 1 atom stereocenters. The average Bonchev–Trinajstić information content (AvgIpc) is 2.51. The van der Waals surface area contributed by atoms with Gasteiger partial charge in [0.25, 0.3) is 0 Å². The van der Waals surface area contributed by atoms with Crippen molar-refractivity contribution >= 4 is 5.78 Å². The maximum atomic E-state index is 11.1. The number of hydrogen-bond acceptors (Lipinski definition) is 3. The van der Waals surface area contributed by atoms with Gasteiger partial charge in [0.15, 0.2) is 0 Å². The summed E-state index contributed by atoms with van der Waals surface area (Å²) in [7, 11) is 2.08. The number of Topliss-reactive ketones (excluding diaryl/α,β-unsaturated/α-hetero) is 1. The number of ketones is 1. The molecule has 3 nitrogen and oxygen atoms in total. The van der Waals surface area contributed by atoms with Crippen LogP contribution in [0.4, 0.5) is 0 Å². The third kappa shape index (κ3) is 3.76. The minimum Gasteiger partial charge on any atom is -0.377 e. The van der Waals surface area contributed by atoms with Crippen LogP contribution in [0.15, 0.2) is 0 Å². The van der Waals surface area contributed by atoms with E-state index in [1.807, 2.05) is 13.8 Å². The van der Waals surface area contributed by atoms with Gasteiger partial charge in [-0.1, -0.05) is 0 Å². The van der Waals surface area contributed by atoms with Gasteiger partial charge in [0.1, 0.15) is 5.78 Å². The summed E-state index contributed by atoms with van der Waals surface area (Å²) in [5.74, 6) is 0.409. The maximum absolute atomic E-state index is 11.1. The first-order valence-electron chi connectivity index (χ1n) is 5.43. The van der Waals surface area contributed by atoms with Crippen LogP contribution in [0.1, 0.15) is 33.1 Å². The molecule has 3 heteroatoms. The van der Waals surface area contributed by atoms with Gasteiger partial charge >= 0.3 is 0 Å². The van der Waals surface area contributed by atoms with Crippen LogP contribution in [0, 0.1) is 0 Å². The number of hydrogen-bond donors (Lipinski definition) is 0. The quantitative estimate of drug-likeness (QED) is 0.671. The molecule has 0 heterocycles. The van der Waals surface area contributed by atoms with Gasteiger partial charge in [-0.2, -0.15) is 0 Å². The summed E-state index contributed by atoms with van der Waals surface area (Å²) in [5.41, 5.74) is 0. The Morgan fingerprint density at radius 2 is 2.29 bits per heavy atom. The van der Waals surface area contributed by atoms with Crippen LogP contribution < -0.4 is 0 Å². The second-order valence-electron chi connectivity index (χ2n) is 4.34. The molecule has 0 aliphatic heterocycles. The van der Waals surface area contributed by atoms with Crippen LogP contribution in [0.25, 0.3) is 0 Å². The topological polar surface area (TPSA) is 29.5 Å². The van der Waals surface area contributed by atoms with E-state index in [9.17, 15) is 4.79 Å². The van der Waals surface area contributed by atoms with Crippen molar-refractivity contribution in [2.45, 2.75) is 45.3 Å². The van der Waals surface area contributed by atoms with Crippen molar-refractivity contribution in [1.29, 1.82) is 0 Å². The van der Waals surface area contributed by atoms with Gasteiger partial charge in [-0.15, -0.1) is 0 Å². The van der Waals surface area contributed by atoms with E-state index in [-0.39, 0.29) is 0 Å². The van der Waals surface area contributed by atoms with Crippen molar-refractivity contribution in [1.82, 2.24) is 4.90 Å². The summed E-state index contributed by atoms with van der Waals surface area (Å²) < 4.78 is 5.47. The van der Waals surface area contributed by atoms with Crippen LogP contribution in [0.5, 0.6) is 0 Å². The normalized spacial score (nSPS) is 22.6. The molecule has 0 aromatic carbocycles. The summed E-state index contributed by atoms with van der Waals surface area (Å²) >= 11 is 0. The number of carbonyl (C=O) groups excluding carboxylic acids is 1. The molecule has 1 aliphatic carbocycles. The molecule has 14 heavy (non-hydrogen) atoms. The maximum Gasteiger partial charge on any atom is 0.134 e. The SMILES string of the molecule is CC(C)OCCN(C)C1CCC(=O)C1. The second kappa shape index (κ2) is 5.47. The fourth-order valence-electron chi connectivity index (χ4n) is 1.79. The molecule has 0 amide bonds. The fourth-order valence-corrected chi connectivity index (χ4v) is 1.79. The van der Waals surface area contributed by atoms with Crippen molar-refractivity contribution in [2.24, 2.45) is 0 Å². The van der Waals surface area contributed by atoms with E-state index in [0.717, 1.165) is 32.4 Å². The monoisotopic (exact) mass is 199 g/mol. The molecule has 1 saturated carbocycles. The second-order valence-corrected chi connectivity index (χ2v) is 4.34. The summed E-state index contributed by atoms with van der Waals surface area (Å²) in [6.45, 7) is 5.77. The zero-order valence-corrected chi connectivity index (χ0v) is 9.45. The molecule has 0 N–H and O–H groups in total. The average molecular weight is 199 g/mol. The van der Waals surface area contributed by atoms with Crippen molar-refractivity contribution in [3.63, 3.8) is 0 Å². The lowest BCUT2D eigenvalue weighted by Gasteiger charge is -2.23. The van der Waals surface area contributed by atoms with Gasteiger partial charge in [0, 0.05) is 25.4 Å². The Kier molecular flexibility index (Phi) is 4.55. The molecule has 1 aliphatic rings. The Bertz CT molecular complexity index is 192. The van der Waals surface area contributed by atoms with E-state index in [1.54, 1.807) is 0 Å². The van der Waals surface area contributed by atoms with Crippen molar-refractivity contribution in [2.75, 3.05) is 20.2 Å². The predicted molar refractivity (Wildman–Crippen MR) is 56.4 cm³/mol. The van der Waals surface area contributed by atoms with Crippen LogP contribution in [0.2, 0.25) is 0 Å². The van der Waals surface area contributed by atoms with Crippen LogP contribution in [-0.4, -0.2) is 43.0 Å². The van der Waals surface area contributed by atoms with Crippen molar-refractivity contribution < 1.29 is 9.53 Å². The highest BCUT2D eigenvalue weighted by atomic mass is 16.5. The van der Waals surface area contributed by atoms with Gasteiger partial charge < -0.3 is 9.64 Å². The summed E-state index contributed by atoms with van der Waals surface area (Å²) in [4.78, 5) is 13.3. The van der Waals surface area contributed by atoms with Gasteiger partial charge in [0.2, 0.25) is 0 Å². The lowest BCUT2D eigenvalue weighted by molar-refractivity contribution is -0.117. The zero-order valence-electron chi connectivity index (χ0n) is 9.45. The van der Waals surface area contributed by atoms with Gasteiger partial charge in [-0.25, -0.2) is 0 Å². The Morgan fingerprint density at radius 3 is 2.79 bits per heavy atom. The standard InChI is InChI=1S/C11H21NO2/c1-9(2)14-7-6-12(3)10-4-5-11(13)8-10/h9-10H,4-8H2,1-3H3. The Morgan fingerprint density at radius 1 is 1.57 bits per heavy atom. The van der Waals surface area contributed by atoms with Crippen molar-refractivity contribution in [3.05, 3.63) is 0 Å². The highest BCUT2D eigenvalue weighted by Gasteiger charge is 2.24. The van der Waals surface area contributed by atoms with Gasteiger partial charge in [-0.05, 0) is 27.3 Å². The Hall–Kier alpha value is -0.410. The van der Waals surface area contributed by atoms with E-state index in [2.05, 4.69) is 11.9 Å². The molecule has 0 aromatic heterocycles. The number of nitrogens with zero attached hydrogens (tertiary/aromatic N) is 1. The fraction of sp³-hybridized carbons (Fsp3) is 0.909. The summed E-state index contributed by atoms with van der Waals surface area (Å²) in [5, 5.41) is 0. The summed E-state index contributed by atoms with van der Waals surface area (Å²) in [6, 6.07) is 0.457. The molecule has 1 unspecified atom stereocenters. The number of carbonyl (C=O) groups is 1. The molecular formula is C11H21NO2. The molecule has 1 rings (SSSR count). The van der Waals surface area contributed by atoms with Gasteiger partial charge in [-0.3, -0.25) is 4.79 Å². The largest absolute Gasteiger partial charge is 0.377 e. The minimum absolute atomic E-state index is 0.300. The molecule has 1 fully saturated rings. The Labute approximate surface area is 86.4 Å². The van der Waals surface area contributed by atoms with Crippen LogP contribution in [-0.2, 0) is 9.53 Å². The molecule has 0 saturated heterocycles. The zero-order chi connectivity index (χ0) is 10.6. The van der Waals surface area contributed by atoms with Crippen LogP contribution >= 0.6 is 0 Å². The molecule has 82 valence electrons. The first-order chi connectivity index (χ1) is 6.59. The van der Waals surface area contributed by atoms with Crippen LogP contribution in [0.3, 0.4) is 0 Å². The van der Waals surface area contributed by atoms with E-state index in [0.29, 0.717) is 17.9 Å². The number of ether oxygens (including phenoxy) is 1. The van der Waals surface area contributed by atoms with E-state index < -0.39 is 0 Å². The van der Waals surface area contributed by atoms with E-state index in [1.165, 1.54) is 0 Å². The number of likely N-dealkylation sites (N-methyl/N-ethyl adjacent to an activating group) is 1. The first-order valence-corrected chi connectivity index (χ1v) is 5.43. The third-order valence-corrected chi connectivity index (χ3v) is 2.74. The first kappa shape index (κ1) is 11.7. The highest BCUT2D eigenvalue weighted by Crippen LogP contribution is 2.19. The smallest absolute Gasteiger partial charge is 0.134 e. The van der Waals surface area contributed by atoms with Gasteiger partial charge in [0.05, 0.1) is 12.7 Å². The summed E-state index contributed by atoms with van der Waals surface area (Å²) in [6.07, 6.45) is 2.82. The number of rotatable bonds is 5. The lowest BCUT2D eigenvalue weighted by Crippen LogP contribution is -2.33. The molecule has 0 aromatic rings. The predicted octanol–water partition coefficient (Wildman–Crippen LogP) is 1.46. The lowest BCUT2D eigenvalue weighted by atomic mass is 10.2. The molecular weight excluding hydrogens is 178 g/mol. The minimum atomic E-state index is 0.300. The molecule has 0 spiro atoms. The van der Waals surface area contributed by atoms with E-state index in [4.69, 9.17) is 4.74 Å².